The van der Waals surface area contributed by atoms with E-state index in [1.165, 1.54) is 0 Å². The molecular weight excluding hydrogens is 372 g/mol. The average Bonchev–Trinajstić information content (AvgIpc) is 3.56. The third kappa shape index (κ3) is 2.13. The van der Waals surface area contributed by atoms with Crippen molar-refractivity contribution >= 4 is 5.78 Å². The van der Waals surface area contributed by atoms with Crippen LogP contribution >= 0.6 is 0 Å². The lowest BCUT2D eigenvalue weighted by atomic mass is 9.75. The number of fused-ring (bicyclic) bond motifs is 11. The number of hydrogen-bond donors (Lipinski definition) is 0. The summed E-state index contributed by atoms with van der Waals surface area (Å²) in [5, 5.41) is 0. The van der Waals surface area contributed by atoms with Crippen LogP contribution in [0.2, 0.25) is 0 Å². The van der Waals surface area contributed by atoms with Gasteiger partial charge in [0, 0.05) is 35.5 Å². The van der Waals surface area contributed by atoms with E-state index in [1.54, 1.807) is 0 Å². The first-order valence-electron chi connectivity index (χ1n) is 11.1. The Bertz CT molecular complexity index is 959. The van der Waals surface area contributed by atoms with Crippen LogP contribution in [0.3, 0.4) is 0 Å². The SMILES string of the molecule is O=C1C2C3C=CC(C3Oc3ccccc3)C2C2C3C=CC(C3Oc3ccccc3)C12. The lowest BCUT2D eigenvalue weighted by molar-refractivity contribution is -0.126. The second-order valence-electron chi connectivity index (χ2n) is 9.48. The number of ether oxygens (including phenoxy) is 2. The molecule has 3 saturated carbocycles. The van der Waals surface area contributed by atoms with Crippen molar-refractivity contribution in [2.24, 2.45) is 47.3 Å². The van der Waals surface area contributed by atoms with Crippen LogP contribution in [0.25, 0.3) is 0 Å². The van der Waals surface area contributed by atoms with Crippen molar-refractivity contribution in [3.8, 4) is 11.5 Å². The van der Waals surface area contributed by atoms with Crippen LogP contribution < -0.4 is 9.47 Å². The monoisotopic (exact) mass is 396 g/mol. The van der Waals surface area contributed by atoms with Gasteiger partial charge in [0.05, 0.1) is 0 Å². The number of carbonyl (C=O) groups excluding carboxylic acids is 1. The van der Waals surface area contributed by atoms with Crippen LogP contribution in [0.4, 0.5) is 0 Å². The van der Waals surface area contributed by atoms with Crippen LogP contribution in [0, 0.1) is 47.3 Å². The van der Waals surface area contributed by atoms with E-state index in [4.69, 9.17) is 9.47 Å². The van der Waals surface area contributed by atoms with Gasteiger partial charge in [0.1, 0.15) is 29.5 Å². The van der Waals surface area contributed by atoms with Crippen molar-refractivity contribution in [3.63, 3.8) is 0 Å². The number of Topliss-reactive ketones (excluding diaryl/α,β-unsaturated/α-hetero) is 1. The fraction of sp³-hybridized carbons (Fsp3) is 0.370. The Hall–Kier alpha value is -2.81. The second-order valence-corrected chi connectivity index (χ2v) is 9.48. The highest BCUT2D eigenvalue weighted by molar-refractivity contribution is 5.89. The molecule has 10 unspecified atom stereocenters. The van der Waals surface area contributed by atoms with E-state index in [2.05, 4.69) is 24.3 Å². The molecule has 0 amide bonds. The smallest absolute Gasteiger partial charge is 0.141 e. The summed E-state index contributed by atoms with van der Waals surface area (Å²) in [6, 6.07) is 20.1. The van der Waals surface area contributed by atoms with Crippen LogP contribution in [-0.4, -0.2) is 18.0 Å². The van der Waals surface area contributed by atoms with Crippen molar-refractivity contribution < 1.29 is 14.3 Å². The Kier molecular flexibility index (Phi) is 3.44. The molecule has 0 aromatic heterocycles. The topological polar surface area (TPSA) is 35.5 Å². The van der Waals surface area contributed by atoms with Gasteiger partial charge in [0.25, 0.3) is 0 Å². The van der Waals surface area contributed by atoms with Gasteiger partial charge >= 0.3 is 0 Å². The van der Waals surface area contributed by atoms with Gasteiger partial charge in [-0.05, 0) is 36.1 Å². The van der Waals surface area contributed by atoms with Crippen molar-refractivity contribution in [2.45, 2.75) is 12.2 Å². The van der Waals surface area contributed by atoms with Crippen LogP contribution in [-0.2, 0) is 4.79 Å². The van der Waals surface area contributed by atoms with Gasteiger partial charge in [-0.2, -0.15) is 0 Å². The maximum atomic E-state index is 13.7. The molecule has 2 aromatic rings. The molecule has 3 fully saturated rings. The number of carbonyl (C=O) groups is 1. The maximum Gasteiger partial charge on any atom is 0.141 e. The highest BCUT2D eigenvalue weighted by Crippen LogP contribution is 2.67. The highest BCUT2D eigenvalue weighted by atomic mass is 16.5. The molecule has 10 atom stereocenters. The van der Waals surface area contributed by atoms with E-state index in [1.807, 2.05) is 60.7 Å². The van der Waals surface area contributed by atoms with Crippen LogP contribution in [0.5, 0.6) is 11.5 Å². The third-order valence-corrected chi connectivity index (χ3v) is 8.31. The van der Waals surface area contributed by atoms with Gasteiger partial charge in [-0.25, -0.2) is 0 Å². The zero-order valence-corrected chi connectivity index (χ0v) is 16.6. The Labute approximate surface area is 176 Å². The molecule has 3 nitrogen and oxygen atoms in total. The van der Waals surface area contributed by atoms with Crippen molar-refractivity contribution in [3.05, 3.63) is 85.0 Å². The Morgan fingerprint density at radius 1 is 0.533 bits per heavy atom. The van der Waals surface area contributed by atoms with Crippen LogP contribution in [0.1, 0.15) is 0 Å². The summed E-state index contributed by atoms with van der Waals surface area (Å²) in [7, 11) is 0. The van der Waals surface area contributed by atoms with Crippen molar-refractivity contribution in [1.29, 1.82) is 0 Å². The van der Waals surface area contributed by atoms with Crippen LogP contribution in [0.15, 0.2) is 85.0 Å². The minimum absolute atomic E-state index is 0.0869. The molecule has 150 valence electrons. The predicted molar refractivity (Wildman–Crippen MR) is 113 cm³/mol. The van der Waals surface area contributed by atoms with Gasteiger partial charge in [0.15, 0.2) is 0 Å². The van der Waals surface area contributed by atoms with Gasteiger partial charge < -0.3 is 9.47 Å². The molecule has 0 heterocycles. The minimum Gasteiger partial charge on any atom is -0.489 e. The third-order valence-electron chi connectivity index (χ3n) is 8.31. The number of ketones is 1. The van der Waals surface area contributed by atoms with Crippen molar-refractivity contribution in [2.75, 3.05) is 0 Å². The fourth-order valence-electron chi connectivity index (χ4n) is 7.40. The van der Waals surface area contributed by atoms with E-state index < -0.39 is 0 Å². The van der Waals surface area contributed by atoms with E-state index in [-0.39, 0.29) is 35.9 Å². The van der Waals surface area contributed by atoms with Gasteiger partial charge in [-0.1, -0.05) is 60.7 Å². The number of hydrogen-bond acceptors (Lipinski definition) is 3. The lowest BCUT2D eigenvalue weighted by Gasteiger charge is -2.29. The lowest BCUT2D eigenvalue weighted by Crippen LogP contribution is -2.32. The van der Waals surface area contributed by atoms with E-state index in [9.17, 15) is 4.79 Å². The molecule has 0 N–H and O–H groups in total. The van der Waals surface area contributed by atoms with Gasteiger partial charge in [-0.3, -0.25) is 4.79 Å². The minimum atomic E-state index is 0.0869. The normalized spacial score (nSPS) is 43.8. The fourth-order valence-corrected chi connectivity index (χ4v) is 7.40. The predicted octanol–water partition coefficient (Wildman–Crippen LogP) is 4.56. The average molecular weight is 396 g/mol. The first kappa shape index (κ1) is 16.9. The summed E-state index contributed by atoms with van der Waals surface area (Å²) in [5.41, 5.74) is 0. The van der Waals surface area contributed by atoms with E-state index in [0.717, 1.165) is 11.5 Å². The first-order valence-corrected chi connectivity index (χ1v) is 11.1. The number of benzene rings is 2. The Morgan fingerprint density at radius 3 is 1.37 bits per heavy atom. The molecule has 0 saturated heterocycles. The molecule has 2 aromatic carbocycles. The summed E-state index contributed by atoms with van der Waals surface area (Å²) in [6.45, 7) is 0. The van der Waals surface area contributed by atoms with E-state index >= 15 is 0 Å². The molecule has 0 spiro atoms. The quantitative estimate of drug-likeness (QED) is 0.711. The molecule has 0 radical (unpaired) electrons. The molecule has 5 aliphatic rings. The molecular formula is C27H24O3. The molecule has 5 aliphatic carbocycles. The zero-order valence-electron chi connectivity index (χ0n) is 16.6. The zero-order chi connectivity index (χ0) is 19.8. The summed E-state index contributed by atoms with van der Waals surface area (Å²) in [5.74, 6) is 4.35. The van der Waals surface area contributed by atoms with Gasteiger partial charge in [-0.15, -0.1) is 0 Å². The Morgan fingerprint density at radius 2 is 0.933 bits per heavy atom. The molecule has 7 rings (SSSR count). The summed E-state index contributed by atoms with van der Waals surface area (Å²) < 4.78 is 12.9. The number of rotatable bonds is 4. The Balaban J connectivity index is 1.19. The standard InChI is InChI=1S/C27H24O3/c28-25-23-19-13-11-17(26(19)29-15-7-3-1-4-8-15)21(23)22-18-12-14-20(24(22)25)27(18)30-16-9-5-2-6-10-16/h1-14,17-24,26-27H. The molecule has 30 heavy (non-hydrogen) atoms. The largest absolute Gasteiger partial charge is 0.489 e. The highest BCUT2D eigenvalue weighted by Gasteiger charge is 2.71. The summed E-state index contributed by atoms with van der Waals surface area (Å²) in [6.07, 6.45) is 9.35. The second kappa shape index (κ2) is 6.10. The van der Waals surface area contributed by atoms with E-state index in [0.29, 0.717) is 29.5 Å². The molecule has 0 aliphatic heterocycles. The van der Waals surface area contributed by atoms with Gasteiger partial charge in [0.2, 0.25) is 0 Å². The van der Waals surface area contributed by atoms with Crippen molar-refractivity contribution in [1.82, 2.24) is 0 Å². The summed E-state index contributed by atoms with van der Waals surface area (Å²) in [4.78, 5) is 13.7. The molecule has 3 heteroatoms. The maximum absolute atomic E-state index is 13.7. The first-order chi connectivity index (χ1) is 14.8. The number of para-hydroxylation sites is 2. The summed E-state index contributed by atoms with van der Waals surface area (Å²) >= 11 is 0. The molecule has 4 bridgehead atoms.